The molecule has 0 spiro atoms. The van der Waals surface area contributed by atoms with Crippen molar-refractivity contribution in [3.8, 4) is 0 Å². The summed E-state index contributed by atoms with van der Waals surface area (Å²) >= 11 is 0. The molecular formula is C23H29NO6. The van der Waals surface area contributed by atoms with Crippen LogP contribution in [0.1, 0.15) is 58.0 Å². The molecule has 0 saturated heterocycles. The van der Waals surface area contributed by atoms with Gasteiger partial charge < -0.3 is 19.2 Å². The highest BCUT2D eigenvalue weighted by atomic mass is 16.5. The largest absolute Gasteiger partial charge is 0.468 e. The Hall–Kier alpha value is -2.83. The molecule has 0 amide bonds. The second-order valence-corrected chi connectivity index (χ2v) is 8.11. The maximum atomic E-state index is 13.5. The van der Waals surface area contributed by atoms with E-state index in [9.17, 15) is 14.4 Å². The van der Waals surface area contributed by atoms with Crippen LogP contribution in [0, 0.1) is 18.8 Å². The van der Waals surface area contributed by atoms with Gasteiger partial charge in [0.1, 0.15) is 17.4 Å². The molecule has 7 heteroatoms. The van der Waals surface area contributed by atoms with E-state index in [1.54, 1.807) is 26.0 Å². The van der Waals surface area contributed by atoms with Crippen molar-refractivity contribution in [3.05, 3.63) is 46.2 Å². The fourth-order valence-corrected chi connectivity index (χ4v) is 4.17. The van der Waals surface area contributed by atoms with E-state index < -0.39 is 23.8 Å². The number of Topliss-reactive ketones (excluding diaryl/α,β-unsaturated/α-hetero) is 1. The van der Waals surface area contributed by atoms with Gasteiger partial charge in [0.2, 0.25) is 0 Å². The quantitative estimate of drug-likeness (QED) is 0.580. The number of carbonyl (C=O) groups is 3. The molecule has 1 N–H and O–H groups in total. The summed E-state index contributed by atoms with van der Waals surface area (Å²) in [5, 5.41) is 3.23. The molecule has 3 rings (SSSR count). The summed E-state index contributed by atoms with van der Waals surface area (Å²) in [4.78, 5) is 39.0. The highest BCUT2D eigenvalue weighted by Gasteiger charge is 2.48. The molecule has 0 saturated carbocycles. The minimum absolute atomic E-state index is 0.225. The Morgan fingerprint density at radius 2 is 2.00 bits per heavy atom. The lowest BCUT2D eigenvalue weighted by Gasteiger charge is -2.37. The van der Waals surface area contributed by atoms with Gasteiger partial charge in [-0.05, 0) is 51.7 Å². The van der Waals surface area contributed by atoms with E-state index in [0.29, 0.717) is 46.9 Å². The second-order valence-electron chi connectivity index (χ2n) is 8.11. The Labute approximate surface area is 176 Å². The second kappa shape index (κ2) is 8.50. The van der Waals surface area contributed by atoms with Crippen LogP contribution in [0.5, 0.6) is 0 Å². The first-order valence-electron chi connectivity index (χ1n) is 10.3. The van der Waals surface area contributed by atoms with Gasteiger partial charge >= 0.3 is 11.9 Å². The zero-order valence-corrected chi connectivity index (χ0v) is 18.3. The summed E-state index contributed by atoms with van der Waals surface area (Å²) < 4.78 is 16.3. The van der Waals surface area contributed by atoms with E-state index in [-0.39, 0.29) is 17.8 Å². The van der Waals surface area contributed by atoms with Crippen LogP contribution in [0.3, 0.4) is 0 Å². The van der Waals surface area contributed by atoms with Gasteiger partial charge in [0, 0.05) is 17.0 Å². The number of esters is 2. The Bertz CT molecular complexity index is 937. The van der Waals surface area contributed by atoms with Crippen molar-refractivity contribution in [2.45, 2.75) is 59.5 Å². The van der Waals surface area contributed by atoms with Crippen LogP contribution in [0.4, 0.5) is 0 Å². The molecule has 7 nitrogen and oxygen atoms in total. The lowest BCUT2D eigenvalue weighted by molar-refractivity contribution is -0.151. The molecule has 0 unspecified atom stereocenters. The molecule has 0 aromatic carbocycles. The third kappa shape index (κ3) is 3.80. The number of nitrogens with one attached hydrogen (secondary N) is 1. The average molecular weight is 415 g/mol. The molecule has 1 aromatic rings. The number of allylic oxidation sites excluding steroid dienone is 3. The average Bonchev–Trinajstić information content (AvgIpc) is 3.12. The van der Waals surface area contributed by atoms with Gasteiger partial charge in [-0.3, -0.25) is 9.59 Å². The molecule has 1 aliphatic carbocycles. The van der Waals surface area contributed by atoms with E-state index in [1.165, 1.54) is 7.11 Å². The van der Waals surface area contributed by atoms with Crippen molar-refractivity contribution in [1.82, 2.24) is 5.32 Å². The Balaban J connectivity index is 2.13. The van der Waals surface area contributed by atoms with E-state index in [0.717, 1.165) is 0 Å². The highest BCUT2D eigenvalue weighted by Crippen LogP contribution is 2.45. The lowest BCUT2D eigenvalue weighted by atomic mass is 9.70. The Morgan fingerprint density at radius 3 is 2.57 bits per heavy atom. The van der Waals surface area contributed by atoms with Gasteiger partial charge in [0.25, 0.3) is 0 Å². The number of ketones is 1. The van der Waals surface area contributed by atoms with Crippen LogP contribution in [0.2, 0.25) is 0 Å². The normalized spacial score (nSPS) is 24.9. The molecule has 0 fully saturated rings. The molecule has 0 bridgehead atoms. The van der Waals surface area contributed by atoms with Crippen LogP contribution in [-0.4, -0.2) is 30.9 Å². The van der Waals surface area contributed by atoms with E-state index in [1.807, 2.05) is 20.8 Å². The van der Waals surface area contributed by atoms with Crippen LogP contribution in [0.15, 0.2) is 39.1 Å². The third-order valence-electron chi connectivity index (χ3n) is 5.89. The molecule has 1 aromatic heterocycles. The van der Waals surface area contributed by atoms with Gasteiger partial charge in [-0.2, -0.15) is 0 Å². The van der Waals surface area contributed by atoms with Gasteiger partial charge in [0.15, 0.2) is 5.78 Å². The van der Waals surface area contributed by atoms with Crippen molar-refractivity contribution in [2.24, 2.45) is 11.8 Å². The number of carbonyl (C=O) groups excluding carboxylic acids is 3. The lowest BCUT2D eigenvalue weighted by Crippen LogP contribution is -2.43. The highest BCUT2D eigenvalue weighted by molar-refractivity contribution is 6.12. The molecular weight excluding hydrogens is 386 g/mol. The standard InChI is InChI=1S/C23H29NO6/c1-7-12(3)30-23(27)18-14(5)24-15-10-11(2)17(22(26)28-6)21(25)19(15)20(18)16-9-8-13(4)29-16/h8-9,11-12,17,20,24H,7,10H2,1-6H3/t11-,12+,17-,20+/m0/s1. The number of furan rings is 1. The number of hydrogen-bond donors (Lipinski definition) is 1. The fraction of sp³-hybridized carbons (Fsp3) is 0.522. The van der Waals surface area contributed by atoms with Crippen molar-refractivity contribution >= 4 is 17.7 Å². The van der Waals surface area contributed by atoms with Crippen molar-refractivity contribution in [1.29, 1.82) is 0 Å². The van der Waals surface area contributed by atoms with Crippen molar-refractivity contribution in [2.75, 3.05) is 7.11 Å². The predicted octanol–water partition coefficient (Wildman–Crippen LogP) is 3.54. The van der Waals surface area contributed by atoms with Crippen LogP contribution < -0.4 is 5.32 Å². The first kappa shape index (κ1) is 21.9. The first-order chi connectivity index (χ1) is 14.2. The minimum atomic E-state index is -0.917. The maximum absolute atomic E-state index is 13.5. The first-order valence-corrected chi connectivity index (χ1v) is 10.3. The zero-order valence-electron chi connectivity index (χ0n) is 18.3. The molecule has 162 valence electrons. The van der Waals surface area contributed by atoms with Gasteiger partial charge in [-0.25, -0.2) is 4.79 Å². The molecule has 1 aliphatic heterocycles. The number of hydrogen-bond acceptors (Lipinski definition) is 7. The monoisotopic (exact) mass is 415 g/mol. The summed E-state index contributed by atoms with van der Waals surface area (Å²) in [6.07, 6.45) is 0.893. The van der Waals surface area contributed by atoms with Gasteiger partial charge in [0.05, 0.1) is 24.7 Å². The summed E-state index contributed by atoms with van der Waals surface area (Å²) in [6, 6.07) is 3.55. The summed E-state index contributed by atoms with van der Waals surface area (Å²) in [5.74, 6) is -2.15. The SMILES string of the molecule is CC[C@@H](C)OC(=O)C1=C(C)NC2=C(C(=O)[C@@H](C(=O)OC)[C@@H](C)C2)[C@@H]1c1ccc(C)o1. The summed E-state index contributed by atoms with van der Waals surface area (Å²) in [5.41, 5.74) is 2.04. The smallest absolute Gasteiger partial charge is 0.337 e. The van der Waals surface area contributed by atoms with E-state index in [4.69, 9.17) is 13.9 Å². The topological polar surface area (TPSA) is 94.8 Å². The zero-order chi connectivity index (χ0) is 22.2. The number of ether oxygens (including phenoxy) is 2. The summed E-state index contributed by atoms with van der Waals surface area (Å²) in [7, 11) is 1.28. The predicted molar refractivity (Wildman–Crippen MR) is 109 cm³/mol. The van der Waals surface area contributed by atoms with Crippen LogP contribution in [-0.2, 0) is 23.9 Å². The van der Waals surface area contributed by atoms with Crippen LogP contribution >= 0.6 is 0 Å². The Morgan fingerprint density at radius 1 is 1.30 bits per heavy atom. The number of rotatable bonds is 5. The maximum Gasteiger partial charge on any atom is 0.337 e. The van der Waals surface area contributed by atoms with Gasteiger partial charge in [-0.15, -0.1) is 0 Å². The van der Waals surface area contributed by atoms with Crippen LogP contribution in [0.25, 0.3) is 0 Å². The molecule has 2 heterocycles. The number of methoxy groups -OCH3 is 1. The summed E-state index contributed by atoms with van der Waals surface area (Å²) in [6.45, 7) is 9.19. The van der Waals surface area contributed by atoms with E-state index in [2.05, 4.69) is 5.32 Å². The number of dihydropyridines is 1. The third-order valence-corrected chi connectivity index (χ3v) is 5.89. The molecule has 4 atom stereocenters. The molecule has 30 heavy (non-hydrogen) atoms. The van der Waals surface area contributed by atoms with Crippen molar-refractivity contribution in [3.63, 3.8) is 0 Å². The van der Waals surface area contributed by atoms with Crippen molar-refractivity contribution < 1.29 is 28.3 Å². The van der Waals surface area contributed by atoms with E-state index >= 15 is 0 Å². The Kier molecular flexibility index (Phi) is 6.19. The molecule has 2 aliphatic rings. The number of aryl methyl sites for hydroxylation is 1. The fourth-order valence-electron chi connectivity index (χ4n) is 4.17. The minimum Gasteiger partial charge on any atom is -0.468 e. The van der Waals surface area contributed by atoms with Gasteiger partial charge in [-0.1, -0.05) is 13.8 Å². The molecule has 0 radical (unpaired) electrons.